The summed E-state index contributed by atoms with van der Waals surface area (Å²) in [7, 11) is -2.99. The topological polar surface area (TPSA) is 46.6 Å². The van der Waals surface area contributed by atoms with E-state index in [-0.39, 0.29) is 6.10 Å². The highest BCUT2D eigenvalue weighted by atomic mass is 32.2. The molecule has 0 atom stereocenters. The fourth-order valence-electron chi connectivity index (χ4n) is 1.57. The lowest BCUT2D eigenvalue weighted by Gasteiger charge is -2.29. The summed E-state index contributed by atoms with van der Waals surface area (Å²) in [5, 5.41) is 0. The van der Waals surface area contributed by atoms with Crippen LogP contribution in [0.15, 0.2) is 0 Å². The van der Waals surface area contributed by atoms with Crippen molar-refractivity contribution in [3.05, 3.63) is 0 Å². The van der Waals surface area contributed by atoms with Gasteiger partial charge in [-0.15, -0.1) is 0 Å². The van der Waals surface area contributed by atoms with E-state index in [0.717, 1.165) is 12.8 Å². The Bertz CT molecular complexity index is 242. The molecule has 1 rings (SSSR count). The highest BCUT2D eigenvalue weighted by molar-refractivity contribution is 7.88. The highest BCUT2D eigenvalue weighted by Crippen LogP contribution is 2.15. The lowest BCUT2D eigenvalue weighted by Crippen LogP contribution is -2.40. The van der Waals surface area contributed by atoms with Crippen molar-refractivity contribution in [2.45, 2.75) is 25.9 Å². The SMILES string of the molecule is CCOC1CCN(S(C)(=O)=O)CC1. The molecule has 13 heavy (non-hydrogen) atoms. The van der Waals surface area contributed by atoms with E-state index in [2.05, 4.69) is 0 Å². The Labute approximate surface area is 79.9 Å². The summed E-state index contributed by atoms with van der Waals surface area (Å²) in [6, 6.07) is 0. The number of hydrogen-bond acceptors (Lipinski definition) is 3. The predicted molar refractivity (Wildman–Crippen MR) is 51.1 cm³/mol. The third kappa shape index (κ3) is 3.25. The van der Waals surface area contributed by atoms with Crippen molar-refractivity contribution in [3.63, 3.8) is 0 Å². The minimum Gasteiger partial charge on any atom is -0.378 e. The van der Waals surface area contributed by atoms with Crippen LogP contribution < -0.4 is 0 Å². The van der Waals surface area contributed by atoms with Gasteiger partial charge in [0, 0.05) is 19.7 Å². The van der Waals surface area contributed by atoms with Crippen LogP contribution in [0.25, 0.3) is 0 Å². The largest absolute Gasteiger partial charge is 0.378 e. The molecular formula is C8H17NO3S. The smallest absolute Gasteiger partial charge is 0.211 e. The normalized spacial score (nSPS) is 22.0. The van der Waals surface area contributed by atoms with Crippen LogP contribution >= 0.6 is 0 Å². The van der Waals surface area contributed by atoms with Crippen molar-refractivity contribution < 1.29 is 13.2 Å². The molecule has 4 nitrogen and oxygen atoms in total. The Morgan fingerprint density at radius 2 is 1.92 bits per heavy atom. The van der Waals surface area contributed by atoms with E-state index in [1.807, 2.05) is 6.92 Å². The summed E-state index contributed by atoms with van der Waals surface area (Å²) in [5.74, 6) is 0. The van der Waals surface area contributed by atoms with E-state index in [4.69, 9.17) is 4.74 Å². The van der Waals surface area contributed by atoms with Crippen molar-refractivity contribution in [1.82, 2.24) is 4.31 Å². The van der Waals surface area contributed by atoms with Gasteiger partial charge in [0.25, 0.3) is 0 Å². The van der Waals surface area contributed by atoms with Crippen molar-refractivity contribution in [2.75, 3.05) is 26.0 Å². The number of ether oxygens (including phenoxy) is 1. The lowest BCUT2D eigenvalue weighted by molar-refractivity contribution is 0.0291. The summed E-state index contributed by atoms with van der Waals surface area (Å²) in [6.07, 6.45) is 3.15. The molecule has 1 aliphatic heterocycles. The first-order chi connectivity index (χ1) is 6.04. The van der Waals surface area contributed by atoms with Gasteiger partial charge in [0.1, 0.15) is 0 Å². The number of rotatable bonds is 3. The molecule has 0 aromatic rings. The Kier molecular flexibility index (Phi) is 3.70. The predicted octanol–water partition coefficient (Wildman–Crippen LogP) is 0.447. The zero-order chi connectivity index (χ0) is 9.90. The van der Waals surface area contributed by atoms with Crippen LogP contribution in [0.1, 0.15) is 19.8 Å². The summed E-state index contributed by atoms with van der Waals surface area (Å²) >= 11 is 0. The van der Waals surface area contributed by atoms with Gasteiger partial charge < -0.3 is 4.74 Å². The Hall–Kier alpha value is -0.130. The van der Waals surface area contributed by atoms with Crippen LogP contribution in [0.3, 0.4) is 0 Å². The molecule has 0 radical (unpaired) electrons. The molecule has 1 heterocycles. The molecule has 0 amide bonds. The van der Waals surface area contributed by atoms with Crippen molar-refractivity contribution in [3.8, 4) is 0 Å². The van der Waals surface area contributed by atoms with Crippen LogP contribution in [-0.2, 0) is 14.8 Å². The maximum atomic E-state index is 11.1. The van der Waals surface area contributed by atoms with Crippen LogP contribution in [-0.4, -0.2) is 44.8 Å². The second kappa shape index (κ2) is 4.39. The number of nitrogens with zero attached hydrogens (tertiary/aromatic N) is 1. The van der Waals surface area contributed by atoms with Crippen LogP contribution in [0.2, 0.25) is 0 Å². The van der Waals surface area contributed by atoms with E-state index in [9.17, 15) is 8.42 Å². The second-order valence-electron chi connectivity index (χ2n) is 3.32. The molecule has 0 bridgehead atoms. The molecule has 78 valence electrons. The number of piperidine rings is 1. The van der Waals surface area contributed by atoms with E-state index in [1.165, 1.54) is 10.6 Å². The minimum absolute atomic E-state index is 0.253. The minimum atomic E-state index is -2.99. The zero-order valence-electron chi connectivity index (χ0n) is 8.19. The molecule has 1 aliphatic rings. The number of hydrogen-bond donors (Lipinski definition) is 0. The van der Waals surface area contributed by atoms with Crippen molar-refractivity contribution in [2.24, 2.45) is 0 Å². The van der Waals surface area contributed by atoms with Crippen molar-refractivity contribution >= 4 is 10.0 Å². The zero-order valence-corrected chi connectivity index (χ0v) is 9.01. The Morgan fingerprint density at radius 1 is 1.38 bits per heavy atom. The fraction of sp³-hybridized carbons (Fsp3) is 1.00. The van der Waals surface area contributed by atoms with Gasteiger partial charge in [-0.2, -0.15) is 0 Å². The average Bonchev–Trinajstić information content (AvgIpc) is 2.04. The van der Waals surface area contributed by atoms with Gasteiger partial charge in [0.05, 0.1) is 12.4 Å². The Morgan fingerprint density at radius 3 is 2.31 bits per heavy atom. The molecular weight excluding hydrogens is 190 g/mol. The van der Waals surface area contributed by atoms with Gasteiger partial charge in [-0.3, -0.25) is 0 Å². The third-order valence-corrected chi connectivity index (χ3v) is 3.58. The number of sulfonamides is 1. The Balaban J connectivity index is 2.39. The molecule has 5 heteroatoms. The second-order valence-corrected chi connectivity index (χ2v) is 5.30. The maximum absolute atomic E-state index is 11.1. The molecule has 0 N–H and O–H groups in total. The quantitative estimate of drug-likeness (QED) is 0.675. The van der Waals surface area contributed by atoms with Gasteiger partial charge in [-0.05, 0) is 19.8 Å². The summed E-state index contributed by atoms with van der Waals surface area (Å²) in [4.78, 5) is 0. The lowest BCUT2D eigenvalue weighted by atomic mass is 10.1. The van der Waals surface area contributed by atoms with Crippen LogP contribution in [0.4, 0.5) is 0 Å². The van der Waals surface area contributed by atoms with E-state index in [1.54, 1.807) is 0 Å². The van der Waals surface area contributed by atoms with Gasteiger partial charge in [-0.1, -0.05) is 0 Å². The summed E-state index contributed by atoms with van der Waals surface area (Å²) in [5.41, 5.74) is 0. The first-order valence-corrected chi connectivity index (χ1v) is 6.45. The van der Waals surface area contributed by atoms with Gasteiger partial charge in [0.15, 0.2) is 0 Å². The monoisotopic (exact) mass is 207 g/mol. The van der Waals surface area contributed by atoms with Gasteiger partial charge in [-0.25, -0.2) is 12.7 Å². The molecule has 0 aromatic carbocycles. The van der Waals surface area contributed by atoms with Gasteiger partial charge in [0.2, 0.25) is 10.0 Å². The molecule has 0 spiro atoms. The third-order valence-electron chi connectivity index (χ3n) is 2.27. The maximum Gasteiger partial charge on any atom is 0.211 e. The highest BCUT2D eigenvalue weighted by Gasteiger charge is 2.24. The van der Waals surface area contributed by atoms with Gasteiger partial charge >= 0.3 is 0 Å². The molecule has 0 saturated carbocycles. The first-order valence-electron chi connectivity index (χ1n) is 4.60. The van der Waals surface area contributed by atoms with Crippen LogP contribution in [0.5, 0.6) is 0 Å². The molecule has 0 unspecified atom stereocenters. The van der Waals surface area contributed by atoms with Crippen molar-refractivity contribution in [1.29, 1.82) is 0 Å². The molecule has 1 fully saturated rings. The molecule has 0 aliphatic carbocycles. The van der Waals surface area contributed by atoms with Crippen LogP contribution in [0, 0.1) is 0 Å². The standard InChI is InChI=1S/C8H17NO3S/c1-3-12-8-4-6-9(7-5-8)13(2,10)11/h8H,3-7H2,1-2H3. The molecule has 0 aromatic heterocycles. The summed E-state index contributed by atoms with van der Waals surface area (Å²) < 4.78 is 29.2. The molecule has 1 saturated heterocycles. The average molecular weight is 207 g/mol. The van der Waals surface area contributed by atoms with E-state index in [0.29, 0.717) is 19.7 Å². The first kappa shape index (κ1) is 10.9. The van der Waals surface area contributed by atoms with E-state index < -0.39 is 10.0 Å². The van der Waals surface area contributed by atoms with E-state index >= 15 is 0 Å². The fourth-order valence-corrected chi connectivity index (χ4v) is 2.44. The summed E-state index contributed by atoms with van der Waals surface area (Å²) in [6.45, 7) is 3.87.